The summed E-state index contributed by atoms with van der Waals surface area (Å²) in [5.74, 6) is 0.408. The van der Waals surface area contributed by atoms with Gasteiger partial charge in [-0.2, -0.15) is 10.4 Å². The van der Waals surface area contributed by atoms with E-state index in [4.69, 9.17) is 5.26 Å². The maximum Gasteiger partial charge on any atom is 0.213 e. The minimum atomic E-state index is 0.408. The monoisotopic (exact) mass is 279 g/mol. The molecule has 2 aromatic heterocycles. The van der Waals surface area contributed by atoms with E-state index in [1.165, 1.54) is 0 Å². The van der Waals surface area contributed by atoms with Crippen LogP contribution in [0.3, 0.4) is 0 Å². The van der Waals surface area contributed by atoms with Crippen molar-refractivity contribution in [2.24, 2.45) is 7.05 Å². The van der Waals surface area contributed by atoms with Gasteiger partial charge in [0, 0.05) is 19.4 Å². The predicted octanol–water partition coefficient (Wildman–Crippen LogP) is 1.61. The van der Waals surface area contributed by atoms with Crippen LogP contribution in [0, 0.1) is 18.3 Å². The highest BCUT2D eigenvalue weighted by atomic mass is 79.9. The summed E-state index contributed by atoms with van der Waals surface area (Å²) in [7, 11) is 1.88. The van der Waals surface area contributed by atoms with Crippen LogP contribution < -0.4 is 0 Å². The molecule has 82 valence electrons. The van der Waals surface area contributed by atoms with Gasteiger partial charge in [0.05, 0.1) is 22.4 Å². The van der Waals surface area contributed by atoms with Gasteiger partial charge < -0.3 is 4.57 Å². The van der Waals surface area contributed by atoms with Crippen LogP contribution in [-0.2, 0) is 13.6 Å². The van der Waals surface area contributed by atoms with Crippen molar-refractivity contribution in [3.63, 3.8) is 0 Å². The minimum absolute atomic E-state index is 0.408. The first-order valence-electron chi connectivity index (χ1n) is 4.72. The fraction of sp³-hybridized carbons (Fsp3) is 0.300. The molecule has 0 bridgehead atoms. The summed E-state index contributed by atoms with van der Waals surface area (Å²) < 4.78 is 4.58. The summed E-state index contributed by atoms with van der Waals surface area (Å²) in [6.45, 7) is 2.52. The molecule has 0 unspecified atom stereocenters. The van der Waals surface area contributed by atoms with Crippen LogP contribution in [0.2, 0.25) is 0 Å². The molecule has 0 atom stereocenters. The molecule has 0 N–H and O–H groups in total. The SMILES string of the molecule is Cc1nn(C)c(Cn2ccnc2C#N)c1Br. The Bertz CT molecular complexity index is 560. The zero-order valence-corrected chi connectivity index (χ0v) is 10.6. The van der Waals surface area contributed by atoms with Gasteiger partial charge in [-0.15, -0.1) is 0 Å². The Morgan fingerprint density at radius 3 is 2.88 bits per heavy atom. The van der Waals surface area contributed by atoms with Crippen molar-refractivity contribution in [3.8, 4) is 6.07 Å². The van der Waals surface area contributed by atoms with Crippen molar-refractivity contribution in [2.75, 3.05) is 0 Å². The smallest absolute Gasteiger partial charge is 0.213 e. The van der Waals surface area contributed by atoms with E-state index >= 15 is 0 Å². The van der Waals surface area contributed by atoms with Crippen molar-refractivity contribution >= 4 is 15.9 Å². The highest BCUT2D eigenvalue weighted by molar-refractivity contribution is 9.10. The maximum atomic E-state index is 8.86. The Kier molecular flexibility index (Phi) is 2.79. The first-order chi connectivity index (χ1) is 7.63. The lowest BCUT2D eigenvalue weighted by Gasteiger charge is -2.04. The van der Waals surface area contributed by atoms with Gasteiger partial charge in [0.2, 0.25) is 5.82 Å². The molecule has 2 heterocycles. The lowest BCUT2D eigenvalue weighted by atomic mass is 10.3. The van der Waals surface area contributed by atoms with Crippen molar-refractivity contribution in [1.29, 1.82) is 5.26 Å². The fourth-order valence-corrected chi connectivity index (χ4v) is 2.02. The standard InChI is InChI=1S/C10H10BrN5/c1-7-10(11)8(15(2)14-7)6-16-4-3-13-9(16)5-12/h3-4H,6H2,1-2H3. The molecule has 0 saturated heterocycles. The lowest BCUT2D eigenvalue weighted by molar-refractivity contribution is 0.657. The highest BCUT2D eigenvalue weighted by Gasteiger charge is 2.12. The average molecular weight is 280 g/mol. The molecule has 2 rings (SSSR count). The van der Waals surface area contributed by atoms with Crippen molar-refractivity contribution in [2.45, 2.75) is 13.5 Å². The molecule has 2 aromatic rings. The van der Waals surface area contributed by atoms with Gasteiger partial charge in [0.25, 0.3) is 0 Å². The van der Waals surface area contributed by atoms with Gasteiger partial charge >= 0.3 is 0 Å². The largest absolute Gasteiger partial charge is 0.317 e. The number of hydrogen-bond donors (Lipinski definition) is 0. The third-order valence-electron chi connectivity index (χ3n) is 2.40. The molecule has 0 aliphatic carbocycles. The van der Waals surface area contributed by atoms with Crippen LogP contribution in [0.15, 0.2) is 16.9 Å². The molecule has 0 spiro atoms. The van der Waals surface area contributed by atoms with Crippen LogP contribution >= 0.6 is 15.9 Å². The fourth-order valence-electron chi connectivity index (χ4n) is 1.56. The summed E-state index contributed by atoms with van der Waals surface area (Å²) in [6.07, 6.45) is 3.41. The first kappa shape index (κ1) is 10.9. The predicted molar refractivity (Wildman–Crippen MR) is 61.7 cm³/mol. The summed E-state index contributed by atoms with van der Waals surface area (Å²) in [4.78, 5) is 3.95. The molecule has 0 radical (unpaired) electrons. The number of aryl methyl sites for hydroxylation is 2. The number of aromatic nitrogens is 4. The Hall–Kier alpha value is -1.61. The van der Waals surface area contributed by atoms with Crippen LogP contribution in [0.25, 0.3) is 0 Å². The van der Waals surface area contributed by atoms with Gasteiger partial charge in [-0.05, 0) is 22.9 Å². The second kappa shape index (κ2) is 4.10. The van der Waals surface area contributed by atoms with Gasteiger partial charge in [-0.3, -0.25) is 4.68 Å². The van der Waals surface area contributed by atoms with Crippen LogP contribution in [-0.4, -0.2) is 19.3 Å². The number of nitrogens with zero attached hydrogens (tertiary/aromatic N) is 5. The Morgan fingerprint density at radius 2 is 2.31 bits per heavy atom. The highest BCUT2D eigenvalue weighted by Crippen LogP contribution is 2.21. The molecule has 0 amide bonds. The molecule has 0 saturated carbocycles. The Labute approximate surface area is 101 Å². The summed E-state index contributed by atoms with van der Waals surface area (Å²) in [6, 6.07) is 2.05. The number of imidazole rings is 1. The molecule has 0 aliphatic rings. The van der Waals surface area contributed by atoms with Gasteiger partial charge in [-0.25, -0.2) is 4.98 Å². The average Bonchev–Trinajstić information content (AvgIpc) is 2.79. The number of nitriles is 1. The van der Waals surface area contributed by atoms with Crippen molar-refractivity contribution in [3.05, 3.63) is 34.1 Å². The normalized spacial score (nSPS) is 10.4. The number of hydrogen-bond acceptors (Lipinski definition) is 3. The topological polar surface area (TPSA) is 59.4 Å². The molecular weight excluding hydrogens is 270 g/mol. The third kappa shape index (κ3) is 1.74. The second-order valence-electron chi connectivity index (χ2n) is 3.46. The summed E-state index contributed by atoms with van der Waals surface area (Å²) >= 11 is 3.49. The first-order valence-corrected chi connectivity index (χ1v) is 5.52. The van der Waals surface area contributed by atoms with E-state index in [9.17, 15) is 0 Å². The molecular formula is C10H10BrN5. The molecule has 6 heteroatoms. The minimum Gasteiger partial charge on any atom is -0.317 e. The quantitative estimate of drug-likeness (QED) is 0.839. The zero-order chi connectivity index (χ0) is 11.7. The van der Waals surface area contributed by atoms with Crippen LogP contribution in [0.4, 0.5) is 0 Å². The van der Waals surface area contributed by atoms with E-state index in [1.54, 1.807) is 21.6 Å². The zero-order valence-electron chi connectivity index (χ0n) is 8.98. The van der Waals surface area contributed by atoms with Crippen LogP contribution in [0.5, 0.6) is 0 Å². The van der Waals surface area contributed by atoms with E-state index in [2.05, 4.69) is 26.0 Å². The molecule has 0 fully saturated rings. The summed E-state index contributed by atoms with van der Waals surface area (Å²) in [5.41, 5.74) is 1.96. The van der Waals surface area contributed by atoms with E-state index < -0.39 is 0 Å². The van der Waals surface area contributed by atoms with E-state index in [-0.39, 0.29) is 0 Å². The second-order valence-corrected chi connectivity index (χ2v) is 4.25. The molecule has 5 nitrogen and oxygen atoms in total. The molecule has 0 aliphatic heterocycles. The van der Waals surface area contributed by atoms with E-state index in [0.717, 1.165) is 15.9 Å². The van der Waals surface area contributed by atoms with Gasteiger partial charge in [0.1, 0.15) is 6.07 Å². The van der Waals surface area contributed by atoms with Crippen LogP contribution in [0.1, 0.15) is 17.2 Å². The lowest BCUT2D eigenvalue weighted by Crippen LogP contribution is -2.07. The summed E-state index contributed by atoms with van der Waals surface area (Å²) in [5, 5.41) is 13.2. The van der Waals surface area contributed by atoms with Gasteiger partial charge in [0.15, 0.2) is 0 Å². The van der Waals surface area contributed by atoms with E-state index in [0.29, 0.717) is 12.4 Å². The van der Waals surface area contributed by atoms with Crippen molar-refractivity contribution < 1.29 is 0 Å². The van der Waals surface area contributed by atoms with E-state index in [1.807, 2.05) is 20.0 Å². The van der Waals surface area contributed by atoms with Crippen molar-refractivity contribution in [1.82, 2.24) is 19.3 Å². The molecule has 0 aromatic carbocycles. The number of halogens is 1. The Morgan fingerprint density at radius 1 is 1.56 bits per heavy atom. The maximum absolute atomic E-state index is 8.86. The number of rotatable bonds is 2. The van der Waals surface area contributed by atoms with Gasteiger partial charge in [-0.1, -0.05) is 0 Å². The third-order valence-corrected chi connectivity index (χ3v) is 3.43. The molecule has 16 heavy (non-hydrogen) atoms. The Balaban J connectivity index is 2.38.